The average molecular weight is 632 g/mol. The highest BCUT2D eigenvalue weighted by Crippen LogP contribution is 2.34. The van der Waals surface area contributed by atoms with Gasteiger partial charge in [-0.05, 0) is 60.5 Å². The van der Waals surface area contributed by atoms with E-state index in [1.165, 1.54) is 31.9 Å². The summed E-state index contributed by atoms with van der Waals surface area (Å²) in [6.07, 6.45) is 2.66. The summed E-state index contributed by atoms with van der Waals surface area (Å²) in [7, 11) is 4.84. The molecule has 0 aliphatic carbocycles. The zero-order valence-electron chi connectivity index (χ0n) is 26.1. The summed E-state index contributed by atoms with van der Waals surface area (Å²) in [5.74, 6) is -0.786. The van der Waals surface area contributed by atoms with Gasteiger partial charge in [-0.2, -0.15) is 5.10 Å². The topological polar surface area (TPSA) is 137 Å². The molecule has 11 nitrogen and oxygen atoms in total. The number of anilines is 2. The summed E-state index contributed by atoms with van der Waals surface area (Å²) in [5, 5.41) is 14.8. The SMILES string of the molecule is COc1cc(NC(=O)c2cc(=O)c3ccccc3o2)c(C(=O)Nc2ccc(CCNCc3ccc4cnn(C)c4c3)cc2)cc1OC. The number of rotatable bonds is 11. The minimum Gasteiger partial charge on any atom is -0.493 e. The summed E-state index contributed by atoms with van der Waals surface area (Å²) < 4.78 is 18.4. The number of aromatic nitrogens is 2. The predicted octanol–water partition coefficient (Wildman–Crippen LogP) is 5.53. The molecular formula is C36H33N5O6. The van der Waals surface area contributed by atoms with Gasteiger partial charge in [-0.3, -0.25) is 19.1 Å². The number of nitrogens with one attached hydrogen (secondary N) is 3. The van der Waals surface area contributed by atoms with E-state index in [2.05, 4.69) is 39.2 Å². The van der Waals surface area contributed by atoms with Gasteiger partial charge in [-0.25, -0.2) is 0 Å². The highest BCUT2D eigenvalue weighted by atomic mass is 16.5. The van der Waals surface area contributed by atoms with Crippen LogP contribution in [-0.2, 0) is 20.0 Å². The van der Waals surface area contributed by atoms with E-state index in [-0.39, 0.29) is 28.0 Å². The fourth-order valence-electron chi connectivity index (χ4n) is 5.29. The maximum absolute atomic E-state index is 13.5. The third kappa shape index (κ3) is 6.85. The van der Waals surface area contributed by atoms with Gasteiger partial charge in [-0.15, -0.1) is 0 Å². The number of carbonyl (C=O) groups excluding carboxylic acids is 2. The van der Waals surface area contributed by atoms with Crippen LogP contribution in [0.25, 0.3) is 21.9 Å². The Bertz CT molecular complexity index is 2150. The molecule has 0 saturated carbocycles. The van der Waals surface area contributed by atoms with Crippen LogP contribution < -0.4 is 30.9 Å². The summed E-state index contributed by atoms with van der Waals surface area (Å²) in [4.78, 5) is 39.3. The number of hydrogen-bond donors (Lipinski definition) is 3. The Kier molecular flexibility index (Phi) is 8.98. The molecule has 0 fully saturated rings. The molecule has 47 heavy (non-hydrogen) atoms. The molecule has 238 valence electrons. The molecule has 11 heteroatoms. The number of ether oxygens (including phenoxy) is 2. The van der Waals surface area contributed by atoms with E-state index in [9.17, 15) is 14.4 Å². The van der Waals surface area contributed by atoms with Gasteiger partial charge >= 0.3 is 0 Å². The zero-order valence-corrected chi connectivity index (χ0v) is 26.1. The van der Waals surface area contributed by atoms with Gasteiger partial charge < -0.3 is 29.8 Å². The van der Waals surface area contributed by atoms with Crippen molar-refractivity contribution in [3.8, 4) is 11.5 Å². The third-order valence-corrected chi connectivity index (χ3v) is 7.82. The Morgan fingerprint density at radius 2 is 1.60 bits per heavy atom. The van der Waals surface area contributed by atoms with Gasteiger partial charge in [0, 0.05) is 36.8 Å². The summed E-state index contributed by atoms with van der Waals surface area (Å²) in [6, 6.07) is 24.6. The third-order valence-electron chi connectivity index (χ3n) is 7.82. The van der Waals surface area contributed by atoms with Gasteiger partial charge in [0.1, 0.15) is 5.58 Å². The Labute approximate surface area is 270 Å². The van der Waals surface area contributed by atoms with Crippen molar-refractivity contribution in [1.29, 1.82) is 0 Å². The number of nitrogens with zero attached hydrogens (tertiary/aromatic N) is 2. The van der Waals surface area contributed by atoms with Crippen molar-refractivity contribution in [2.45, 2.75) is 13.0 Å². The number of fused-ring (bicyclic) bond motifs is 2. The number of aryl methyl sites for hydroxylation is 1. The van der Waals surface area contributed by atoms with Gasteiger partial charge in [0.2, 0.25) is 0 Å². The normalized spacial score (nSPS) is 11.0. The van der Waals surface area contributed by atoms with Gasteiger partial charge in [0.15, 0.2) is 22.7 Å². The summed E-state index contributed by atoms with van der Waals surface area (Å²) >= 11 is 0. The zero-order chi connectivity index (χ0) is 32.9. The van der Waals surface area contributed by atoms with Crippen LogP contribution in [0, 0.1) is 0 Å². The highest BCUT2D eigenvalue weighted by molar-refractivity contribution is 6.12. The first-order valence-corrected chi connectivity index (χ1v) is 14.9. The molecule has 2 amide bonds. The Hall–Kier alpha value is -5.94. The van der Waals surface area contributed by atoms with Crippen molar-refractivity contribution in [1.82, 2.24) is 15.1 Å². The number of amides is 2. The lowest BCUT2D eigenvalue weighted by Gasteiger charge is -2.16. The van der Waals surface area contributed by atoms with Crippen LogP contribution in [0.1, 0.15) is 32.0 Å². The lowest BCUT2D eigenvalue weighted by atomic mass is 10.1. The first-order chi connectivity index (χ1) is 22.8. The summed E-state index contributed by atoms with van der Waals surface area (Å²) in [6.45, 7) is 1.52. The standard InChI is InChI=1S/C36H33N5O6/c1-41-29-16-23(8-11-24(29)21-38-41)20-37-15-14-22-9-12-25(13-10-22)39-35(43)27-17-32(45-2)33(46-3)18-28(27)40-36(44)34-19-30(42)26-6-4-5-7-31(26)47-34/h4-13,16-19,21,37H,14-15,20H2,1-3H3,(H,39,43)(H,40,44). The van der Waals surface area contributed by atoms with Crippen LogP contribution in [-0.4, -0.2) is 42.4 Å². The molecule has 6 rings (SSSR count). The lowest BCUT2D eigenvalue weighted by molar-refractivity contribution is 0.0997. The van der Waals surface area contributed by atoms with E-state index < -0.39 is 11.8 Å². The number of benzene rings is 4. The summed E-state index contributed by atoms with van der Waals surface area (Å²) in [5.41, 5.74) is 4.15. The maximum atomic E-state index is 13.5. The molecule has 2 heterocycles. The molecule has 2 aromatic heterocycles. The smallest absolute Gasteiger partial charge is 0.291 e. The molecule has 0 atom stereocenters. The molecule has 0 aliphatic heterocycles. The van der Waals surface area contributed by atoms with Crippen LogP contribution in [0.15, 0.2) is 100 Å². The second-order valence-corrected chi connectivity index (χ2v) is 10.9. The Balaban J connectivity index is 1.12. The molecule has 6 aromatic rings. The molecule has 3 N–H and O–H groups in total. The average Bonchev–Trinajstić information content (AvgIpc) is 3.46. The van der Waals surface area contributed by atoms with Crippen LogP contribution >= 0.6 is 0 Å². The van der Waals surface area contributed by atoms with E-state index >= 15 is 0 Å². The highest BCUT2D eigenvalue weighted by Gasteiger charge is 2.21. The van der Waals surface area contributed by atoms with E-state index in [0.29, 0.717) is 22.6 Å². The second-order valence-electron chi connectivity index (χ2n) is 10.9. The lowest BCUT2D eigenvalue weighted by Crippen LogP contribution is -2.20. The minimum atomic E-state index is -0.704. The molecule has 0 radical (unpaired) electrons. The first kappa shape index (κ1) is 31.1. The molecule has 0 unspecified atom stereocenters. The van der Waals surface area contributed by atoms with E-state index in [4.69, 9.17) is 13.9 Å². The largest absolute Gasteiger partial charge is 0.493 e. The molecule has 0 aliphatic rings. The van der Waals surface area contributed by atoms with Gasteiger partial charge in [0.25, 0.3) is 11.8 Å². The monoisotopic (exact) mass is 631 g/mol. The quantitative estimate of drug-likeness (QED) is 0.159. The Morgan fingerprint density at radius 1 is 0.851 bits per heavy atom. The minimum absolute atomic E-state index is 0.122. The fourth-order valence-corrected chi connectivity index (χ4v) is 5.29. The van der Waals surface area contributed by atoms with Crippen molar-refractivity contribution in [3.63, 3.8) is 0 Å². The van der Waals surface area contributed by atoms with Crippen molar-refractivity contribution in [2.24, 2.45) is 7.05 Å². The Morgan fingerprint density at radius 3 is 2.38 bits per heavy atom. The molecule has 0 saturated heterocycles. The molecular weight excluding hydrogens is 598 g/mol. The number of para-hydroxylation sites is 1. The van der Waals surface area contributed by atoms with Crippen molar-refractivity contribution < 1.29 is 23.5 Å². The van der Waals surface area contributed by atoms with E-state index in [1.54, 1.807) is 24.3 Å². The first-order valence-electron chi connectivity index (χ1n) is 14.9. The van der Waals surface area contributed by atoms with E-state index in [0.717, 1.165) is 42.0 Å². The molecule has 4 aromatic carbocycles. The van der Waals surface area contributed by atoms with Crippen molar-refractivity contribution in [3.05, 3.63) is 124 Å². The number of methoxy groups -OCH3 is 2. The van der Waals surface area contributed by atoms with Crippen molar-refractivity contribution >= 4 is 45.1 Å². The van der Waals surface area contributed by atoms with Crippen LogP contribution in [0.3, 0.4) is 0 Å². The number of hydrogen-bond acceptors (Lipinski definition) is 8. The second kappa shape index (κ2) is 13.6. The fraction of sp³-hybridized carbons (Fsp3) is 0.167. The van der Waals surface area contributed by atoms with Crippen LogP contribution in [0.4, 0.5) is 11.4 Å². The van der Waals surface area contributed by atoms with E-state index in [1.807, 2.05) is 42.2 Å². The van der Waals surface area contributed by atoms with Gasteiger partial charge in [-0.1, -0.05) is 36.4 Å². The molecule has 0 bridgehead atoms. The molecule has 0 spiro atoms. The maximum Gasteiger partial charge on any atom is 0.291 e. The van der Waals surface area contributed by atoms with Crippen LogP contribution in [0.5, 0.6) is 11.5 Å². The van der Waals surface area contributed by atoms with Crippen molar-refractivity contribution in [2.75, 3.05) is 31.4 Å². The van der Waals surface area contributed by atoms with Gasteiger partial charge in [0.05, 0.1) is 42.6 Å². The predicted molar refractivity (Wildman–Crippen MR) is 181 cm³/mol. The van der Waals surface area contributed by atoms with Crippen LogP contribution in [0.2, 0.25) is 0 Å². The number of carbonyl (C=O) groups is 2.